The molecule has 1 aromatic heterocycles. The second-order valence-electron chi connectivity index (χ2n) is 5.66. The first kappa shape index (κ1) is 18.1. The third-order valence-corrected chi connectivity index (χ3v) is 4.56. The van der Waals surface area contributed by atoms with Crippen LogP contribution in [-0.4, -0.2) is 38.1 Å². The Morgan fingerprint density at radius 1 is 1.15 bits per heavy atom. The summed E-state index contributed by atoms with van der Waals surface area (Å²) in [7, 11) is 0. The van der Waals surface area contributed by atoms with Gasteiger partial charge in [0, 0.05) is 5.69 Å². The van der Waals surface area contributed by atoms with Gasteiger partial charge in [-0.25, -0.2) is 9.07 Å². The number of hydrogen-bond donors (Lipinski definition) is 1. The van der Waals surface area contributed by atoms with Crippen molar-refractivity contribution >= 4 is 23.4 Å². The Morgan fingerprint density at radius 3 is 2.38 bits per heavy atom. The summed E-state index contributed by atoms with van der Waals surface area (Å²) in [5.74, 6) is 0.388. The molecule has 0 aliphatic rings. The lowest BCUT2D eigenvalue weighted by molar-refractivity contribution is -0.119. The number of benzene rings is 2. The van der Waals surface area contributed by atoms with Crippen LogP contribution in [-0.2, 0) is 4.79 Å². The van der Waals surface area contributed by atoms with E-state index in [9.17, 15) is 9.18 Å². The number of nitrogens with one attached hydrogen (secondary N) is 1. The van der Waals surface area contributed by atoms with E-state index in [0.29, 0.717) is 12.1 Å². The minimum absolute atomic E-state index is 0.166. The van der Waals surface area contributed by atoms with Crippen LogP contribution >= 0.6 is 11.8 Å². The van der Waals surface area contributed by atoms with Crippen LogP contribution in [0.15, 0.2) is 54.9 Å². The number of thioether (sulfide) groups is 1. The number of halogens is 1. The SMILES string of the molecule is CSCC[C@@H](C(=O)Nc1ccc(-c2ccc(F)cc2)cc1)n1cnnn1. The van der Waals surface area contributed by atoms with E-state index in [1.165, 1.54) is 23.1 Å². The molecule has 134 valence electrons. The number of hydrogen-bond acceptors (Lipinski definition) is 5. The van der Waals surface area contributed by atoms with Gasteiger partial charge >= 0.3 is 0 Å². The van der Waals surface area contributed by atoms with Gasteiger partial charge in [-0.3, -0.25) is 4.79 Å². The number of nitrogens with zero attached hydrogens (tertiary/aromatic N) is 4. The summed E-state index contributed by atoms with van der Waals surface area (Å²) in [4.78, 5) is 12.6. The van der Waals surface area contributed by atoms with Crippen LogP contribution in [0, 0.1) is 5.82 Å². The lowest BCUT2D eigenvalue weighted by atomic mass is 10.1. The predicted molar refractivity (Wildman–Crippen MR) is 100 cm³/mol. The largest absolute Gasteiger partial charge is 0.324 e. The number of aromatic nitrogens is 4. The predicted octanol–water partition coefficient (Wildman–Crippen LogP) is 3.41. The van der Waals surface area contributed by atoms with E-state index in [1.54, 1.807) is 23.9 Å². The Bertz CT molecular complexity index is 837. The quantitative estimate of drug-likeness (QED) is 0.689. The lowest BCUT2D eigenvalue weighted by Crippen LogP contribution is -2.27. The molecule has 0 saturated heterocycles. The maximum atomic E-state index is 13.0. The molecule has 0 radical (unpaired) electrons. The number of carbonyl (C=O) groups excluding carboxylic acids is 1. The Morgan fingerprint density at radius 2 is 1.81 bits per heavy atom. The molecule has 0 aliphatic heterocycles. The number of anilines is 1. The average molecular weight is 371 g/mol. The van der Waals surface area contributed by atoms with Gasteiger partial charge in [0.15, 0.2) is 0 Å². The van der Waals surface area contributed by atoms with Crippen LogP contribution < -0.4 is 5.32 Å². The smallest absolute Gasteiger partial charge is 0.249 e. The molecule has 1 heterocycles. The minimum Gasteiger partial charge on any atom is -0.324 e. The van der Waals surface area contributed by atoms with Crippen molar-refractivity contribution in [3.63, 3.8) is 0 Å². The summed E-state index contributed by atoms with van der Waals surface area (Å²) in [6, 6.07) is 13.2. The topological polar surface area (TPSA) is 72.7 Å². The Kier molecular flexibility index (Phi) is 5.96. The van der Waals surface area contributed by atoms with Crippen molar-refractivity contribution in [3.8, 4) is 11.1 Å². The third kappa shape index (κ3) is 4.45. The lowest BCUT2D eigenvalue weighted by Gasteiger charge is -2.16. The fourth-order valence-electron chi connectivity index (χ4n) is 2.54. The van der Waals surface area contributed by atoms with E-state index in [-0.39, 0.29) is 11.7 Å². The van der Waals surface area contributed by atoms with Gasteiger partial charge in [-0.1, -0.05) is 24.3 Å². The molecule has 0 saturated carbocycles. The van der Waals surface area contributed by atoms with Crippen molar-refractivity contribution in [3.05, 3.63) is 60.7 Å². The molecule has 26 heavy (non-hydrogen) atoms. The molecule has 0 bridgehead atoms. The summed E-state index contributed by atoms with van der Waals surface area (Å²) in [5.41, 5.74) is 2.54. The summed E-state index contributed by atoms with van der Waals surface area (Å²) in [6.45, 7) is 0. The van der Waals surface area contributed by atoms with Gasteiger partial charge in [-0.15, -0.1) is 5.10 Å². The van der Waals surface area contributed by atoms with E-state index in [1.807, 2.05) is 30.5 Å². The average Bonchev–Trinajstić information content (AvgIpc) is 3.18. The van der Waals surface area contributed by atoms with E-state index < -0.39 is 6.04 Å². The standard InChI is InChI=1S/C18H18FN5OS/c1-26-11-10-17(24-12-20-22-23-24)18(25)21-16-8-4-14(5-9-16)13-2-6-15(19)7-3-13/h2-9,12,17H,10-11H2,1H3,(H,21,25)/t17-/m0/s1. The molecule has 0 fully saturated rings. The minimum atomic E-state index is -0.464. The maximum absolute atomic E-state index is 13.0. The van der Waals surface area contributed by atoms with Crippen molar-refractivity contribution in [2.75, 3.05) is 17.3 Å². The van der Waals surface area contributed by atoms with Crippen LogP contribution in [0.3, 0.4) is 0 Å². The fourth-order valence-corrected chi connectivity index (χ4v) is 3.00. The summed E-state index contributed by atoms with van der Waals surface area (Å²) in [5, 5.41) is 14.0. The van der Waals surface area contributed by atoms with Gasteiger partial charge in [0.2, 0.25) is 5.91 Å². The molecular weight excluding hydrogens is 353 g/mol. The number of amides is 1. The zero-order chi connectivity index (χ0) is 18.4. The van der Waals surface area contributed by atoms with Gasteiger partial charge in [0.05, 0.1) is 0 Å². The van der Waals surface area contributed by atoms with E-state index in [0.717, 1.165) is 16.9 Å². The normalized spacial score (nSPS) is 11.9. The van der Waals surface area contributed by atoms with Crippen LogP contribution in [0.1, 0.15) is 12.5 Å². The zero-order valence-electron chi connectivity index (χ0n) is 14.2. The Balaban J connectivity index is 1.70. The molecule has 2 aromatic carbocycles. The highest BCUT2D eigenvalue weighted by Gasteiger charge is 2.21. The van der Waals surface area contributed by atoms with E-state index >= 15 is 0 Å². The molecule has 1 atom stereocenters. The molecule has 8 heteroatoms. The third-order valence-electron chi connectivity index (χ3n) is 3.91. The van der Waals surface area contributed by atoms with Crippen LogP contribution in [0.2, 0.25) is 0 Å². The van der Waals surface area contributed by atoms with Gasteiger partial charge in [-0.05, 0) is 64.2 Å². The van der Waals surface area contributed by atoms with Crippen molar-refractivity contribution in [2.24, 2.45) is 0 Å². The molecule has 0 unspecified atom stereocenters. The molecule has 3 rings (SSSR count). The van der Waals surface area contributed by atoms with Gasteiger partial charge in [0.25, 0.3) is 0 Å². The van der Waals surface area contributed by atoms with Crippen LogP contribution in [0.5, 0.6) is 0 Å². The molecule has 1 amide bonds. The van der Waals surface area contributed by atoms with Crippen molar-refractivity contribution in [1.29, 1.82) is 0 Å². The van der Waals surface area contributed by atoms with Crippen LogP contribution in [0.4, 0.5) is 10.1 Å². The summed E-state index contributed by atoms with van der Waals surface area (Å²) < 4.78 is 14.5. The highest BCUT2D eigenvalue weighted by atomic mass is 32.2. The maximum Gasteiger partial charge on any atom is 0.249 e. The second kappa shape index (κ2) is 8.57. The molecular formula is C18H18FN5OS. The fraction of sp³-hybridized carbons (Fsp3) is 0.222. The van der Waals surface area contributed by atoms with Crippen molar-refractivity contribution in [1.82, 2.24) is 20.2 Å². The Hall–Kier alpha value is -2.74. The second-order valence-corrected chi connectivity index (χ2v) is 6.65. The Labute approximate surface area is 154 Å². The van der Waals surface area contributed by atoms with Gasteiger partial charge in [-0.2, -0.15) is 11.8 Å². The molecule has 0 aliphatic carbocycles. The zero-order valence-corrected chi connectivity index (χ0v) is 15.0. The molecule has 1 N–H and O–H groups in total. The molecule has 0 spiro atoms. The van der Waals surface area contributed by atoms with Crippen LogP contribution in [0.25, 0.3) is 11.1 Å². The first-order chi connectivity index (χ1) is 12.7. The first-order valence-corrected chi connectivity index (χ1v) is 9.45. The highest BCUT2D eigenvalue weighted by Crippen LogP contribution is 2.23. The first-order valence-electron chi connectivity index (χ1n) is 8.05. The number of rotatable bonds is 7. The van der Waals surface area contributed by atoms with E-state index in [2.05, 4.69) is 20.8 Å². The van der Waals surface area contributed by atoms with E-state index in [4.69, 9.17) is 0 Å². The summed E-state index contributed by atoms with van der Waals surface area (Å²) >= 11 is 1.66. The summed E-state index contributed by atoms with van der Waals surface area (Å²) in [6.07, 6.45) is 4.07. The van der Waals surface area contributed by atoms with Crippen molar-refractivity contribution < 1.29 is 9.18 Å². The van der Waals surface area contributed by atoms with Crippen molar-refractivity contribution in [2.45, 2.75) is 12.5 Å². The number of carbonyl (C=O) groups is 1. The van der Waals surface area contributed by atoms with Gasteiger partial charge < -0.3 is 5.32 Å². The number of tetrazole rings is 1. The molecule has 6 nitrogen and oxygen atoms in total. The van der Waals surface area contributed by atoms with Gasteiger partial charge in [0.1, 0.15) is 18.2 Å². The monoisotopic (exact) mass is 371 g/mol. The molecule has 3 aromatic rings. The highest BCUT2D eigenvalue weighted by molar-refractivity contribution is 7.98.